The van der Waals surface area contributed by atoms with Gasteiger partial charge in [0.2, 0.25) is 0 Å². The molecule has 0 atom stereocenters. The van der Waals surface area contributed by atoms with Crippen LogP contribution in [0.2, 0.25) is 0 Å². The van der Waals surface area contributed by atoms with Crippen LogP contribution in [0.4, 0.5) is 5.69 Å². The van der Waals surface area contributed by atoms with Gasteiger partial charge in [-0.2, -0.15) is 0 Å². The van der Waals surface area contributed by atoms with Gasteiger partial charge in [-0.3, -0.25) is 14.5 Å². The minimum atomic E-state index is -0.371. The summed E-state index contributed by atoms with van der Waals surface area (Å²) in [7, 11) is 3.10. The van der Waals surface area contributed by atoms with Gasteiger partial charge < -0.3 is 19.7 Å². The fourth-order valence-corrected chi connectivity index (χ4v) is 4.98. The molecule has 1 aliphatic heterocycles. The summed E-state index contributed by atoms with van der Waals surface area (Å²) in [6, 6.07) is 31.1. The Kier molecular flexibility index (Phi) is 8.42. The Balaban J connectivity index is 1.23. The van der Waals surface area contributed by atoms with Crippen molar-refractivity contribution in [1.82, 2.24) is 9.80 Å². The van der Waals surface area contributed by atoms with Crippen LogP contribution in [0.15, 0.2) is 97.1 Å². The smallest absolute Gasteiger partial charge is 0.256 e. The standard InChI is InChI=1S/C33H33N3O4/c1-39-27-15-16-30(31(22-27)40-2)34-32(37)28-13-6-7-14-29(28)33(38)36-19-17-35(18-20-36)23-24-9-8-12-26(21-24)25-10-4-3-5-11-25/h3-16,21-22H,17-20,23H2,1-2H3,(H,34,37). The number of hydrogen-bond donors (Lipinski definition) is 1. The molecule has 0 saturated carbocycles. The van der Waals surface area contributed by atoms with Crippen LogP contribution in [0.1, 0.15) is 26.3 Å². The highest BCUT2D eigenvalue weighted by Crippen LogP contribution is 2.30. The number of nitrogens with zero attached hydrogens (tertiary/aromatic N) is 2. The van der Waals surface area contributed by atoms with Crippen LogP contribution in [-0.2, 0) is 6.54 Å². The van der Waals surface area contributed by atoms with Crippen LogP contribution >= 0.6 is 0 Å². The predicted octanol–water partition coefficient (Wildman–Crippen LogP) is 5.58. The highest BCUT2D eigenvalue weighted by molar-refractivity contribution is 6.12. The number of piperazine rings is 1. The SMILES string of the molecule is COc1ccc(NC(=O)c2ccccc2C(=O)N2CCN(Cc3cccc(-c4ccccc4)c3)CC2)c(OC)c1. The van der Waals surface area contributed by atoms with E-state index in [9.17, 15) is 9.59 Å². The third-order valence-electron chi connectivity index (χ3n) is 7.16. The highest BCUT2D eigenvalue weighted by Gasteiger charge is 2.26. The van der Waals surface area contributed by atoms with Crippen molar-refractivity contribution in [3.8, 4) is 22.6 Å². The van der Waals surface area contributed by atoms with Crippen molar-refractivity contribution in [2.45, 2.75) is 6.54 Å². The first-order valence-electron chi connectivity index (χ1n) is 13.3. The third-order valence-corrected chi connectivity index (χ3v) is 7.16. The summed E-state index contributed by atoms with van der Waals surface area (Å²) in [5.74, 6) is 0.581. The number of rotatable bonds is 8. The van der Waals surface area contributed by atoms with E-state index in [0.717, 1.165) is 19.6 Å². The van der Waals surface area contributed by atoms with Crippen molar-refractivity contribution in [3.05, 3.63) is 114 Å². The third kappa shape index (κ3) is 6.16. The molecule has 1 aliphatic rings. The Morgan fingerprint density at radius 3 is 2.15 bits per heavy atom. The van der Waals surface area contributed by atoms with Crippen LogP contribution in [0.5, 0.6) is 11.5 Å². The van der Waals surface area contributed by atoms with Crippen LogP contribution < -0.4 is 14.8 Å². The Morgan fingerprint density at radius 2 is 1.43 bits per heavy atom. The molecule has 204 valence electrons. The van der Waals surface area contributed by atoms with E-state index in [2.05, 4.69) is 58.7 Å². The molecular formula is C33H33N3O4. The molecule has 5 rings (SSSR count). The molecule has 0 aliphatic carbocycles. The Hall–Kier alpha value is -4.62. The summed E-state index contributed by atoms with van der Waals surface area (Å²) in [4.78, 5) is 31.0. The monoisotopic (exact) mass is 535 g/mol. The summed E-state index contributed by atoms with van der Waals surface area (Å²) < 4.78 is 10.6. The summed E-state index contributed by atoms with van der Waals surface area (Å²) in [5, 5.41) is 2.88. The van der Waals surface area contributed by atoms with Crippen molar-refractivity contribution < 1.29 is 19.1 Å². The van der Waals surface area contributed by atoms with E-state index in [-0.39, 0.29) is 11.8 Å². The molecule has 7 heteroatoms. The van der Waals surface area contributed by atoms with Crippen LogP contribution in [-0.4, -0.2) is 62.0 Å². The average Bonchev–Trinajstić information content (AvgIpc) is 3.02. The van der Waals surface area contributed by atoms with Gasteiger partial charge in [0.25, 0.3) is 11.8 Å². The molecule has 0 bridgehead atoms. The van der Waals surface area contributed by atoms with Gasteiger partial charge in [-0.25, -0.2) is 0 Å². The normalized spacial score (nSPS) is 13.5. The van der Waals surface area contributed by atoms with Gasteiger partial charge in [0.1, 0.15) is 11.5 Å². The zero-order chi connectivity index (χ0) is 27.9. The van der Waals surface area contributed by atoms with E-state index in [1.54, 1.807) is 49.6 Å². The number of carbonyl (C=O) groups is 2. The Morgan fingerprint density at radius 1 is 0.725 bits per heavy atom. The molecule has 4 aromatic carbocycles. The maximum Gasteiger partial charge on any atom is 0.256 e. The number of benzene rings is 4. The summed E-state index contributed by atoms with van der Waals surface area (Å²) in [6.07, 6.45) is 0. The predicted molar refractivity (Wildman–Crippen MR) is 157 cm³/mol. The van der Waals surface area contributed by atoms with Gasteiger partial charge in [0.15, 0.2) is 0 Å². The topological polar surface area (TPSA) is 71.1 Å². The summed E-state index contributed by atoms with van der Waals surface area (Å²) in [5.41, 5.74) is 4.86. The number of carbonyl (C=O) groups excluding carboxylic acids is 2. The molecule has 1 fully saturated rings. The number of ether oxygens (including phenoxy) is 2. The molecule has 0 unspecified atom stereocenters. The van der Waals surface area contributed by atoms with E-state index < -0.39 is 0 Å². The molecule has 0 radical (unpaired) electrons. The van der Waals surface area contributed by atoms with Crippen LogP contribution in [0, 0.1) is 0 Å². The molecule has 7 nitrogen and oxygen atoms in total. The number of methoxy groups -OCH3 is 2. The van der Waals surface area contributed by atoms with E-state index in [1.165, 1.54) is 23.8 Å². The molecule has 1 heterocycles. The summed E-state index contributed by atoms with van der Waals surface area (Å²) >= 11 is 0. The van der Waals surface area contributed by atoms with Crippen LogP contribution in [0.25, 0.3) is 11.1 Å². The minimum absolute atomic E-state index is 0.141. The molecule has 0 aromatic heterocycles. The van der Waals surface area contributed by atoms with E-state index in [4.69, 9.17) is 9.47 Å². The van der Waals surface area contributed by atoms with Crippen molar-refractivity contribution in [2.75, 3.05) is 45.7 Å². The Labute approximate surface area is 235 Å². The molecule has 4 aromatic rings. The number of nitrogens with one attached hydrogen (secondary N) is 1. The number of amides is 2. The molecular weight excluding hydrogens is 502 g/mol. The number of anilines is 1. The van der Waals surface area contributed by atoms with Gasteiger partial charge in [-0.15, -0.1) is 0 Å². The number of hydrogen-bond acceptors (Lipinski definition) is 5. The highest BCUT2D eigenvalue weighted by atomic mass is 16.5. The quantitative estimate of drug-likeness (QED) is 0.319. The molecule has 1 N–H and O–H groups in total. The second-order valence-corrected chi connectivity index (χ2v) is 9.70. The first-order chi connectivity index (χ1) is 19.6. The second kappa shape index (κ2) is 12.5. The van der Waals surface area contributed by atoms with Crippen molar-refractivity contribution in [2.24, 2.45) is 0 Å². The zero-order valence-corrected chi connectivity index (χ0v) is 22.8. The van der Waals surface area contributed by atoms with Gasteiger partial charge in [0.05, 0.1) is 31.0 Å². The lowest BCUT2D eigenvalue weighted by molar-refractivity contribution is 0.0625. The van der Waals surface area contributed by atoms with E-state index in [0.29, 0.717) is 41.4 Å². The maximum atomic E-state index is 13.5. The van der Waals surface area contributed by atoms with Gasteiger partial charge >= 0.3 is 0 Å². The van der Waals surface area contributed by atoms with Crippen LogP contribution in [0.3, 0.4) is 0 Å². The molecule has 40 heavy (non-hydrogen) atoms. The maximum absolute atomic E-state index is 13.5. The average molecular weight is 536 g/mol. The van der Waals surface area contributed by atoms with Crippen molar-refractivity contribution in [1.29, 1.82) is 0 Å². The zero-order valence-electron chi connectivity index (χ0n) is 22.8. The molecule has 2 amide bonds. The van der Waals surface area contributed by atoms with Gasteiger partial charge in [0, 0.05) is 38.8 Å². The van der Waals surface area contributed by atoms with Gasteiger partial charge in [-0.1, -0.05) is 60.7 Å². The lowest BCUT2D eigenvalue weighted by atomic mass is 10.0. The first-order valence-corrected chi connectivity index (χ1v) is 13.3. The van der Waals surface area contributed by atoms with E-state index in [1.807, 2.05) is 11.0 Å². The fourth-order valence-electron chi connectivity index (χ4n) is 4.98. The van der Waals surface area contributed by atoms with Gasteiger partial charge in [-0.05, 0) is 47.0 Å². The minimum Gasteiger partial charge on any atom is -0.497 e. The largest absolute Gasteiger partial charge is 0.497 e. The molecule has 1 saturated heterocycles. The lowest BCUT2D eigenvalue weighted by Crippen LogP contribution is -2.48. The lowest BCUT2D eigenvalue weighted by Gasteiger charge is -2.35. The summed E-state index contributed by atoms with van der Waals surface area (Å²) in [6.45, 7) is 3.54. The van der Waals surface area contributed by atoms with E-state index >= 15 is 0 Å². The molecule has 0 spiro atoms. The second-order valence-electron chi connectivity index (χ2n) is 9.70. The fraction of sp³-hybridized carbons (Fsp3) is 0.212. The van der Waals surface area contributed by atoms with Crippen molar-refractivity contribution in [3.63, 3.8) is 0 Å². The first kappa shape index (κ1) is 27.0. The van der Waals surface area contributed by atoms with Crippen molar-refractivity contribution >= 4 is 17.5 Å². The Bertz CT molecular complexity index is 1480.